The Balaban J connectivity index is 1.59. The summed E-state index contributed by atoms with van der Waals surface area (Å²) in [5.41, 5.74) is -0.315. The number of fused-ring (bicyclic) bond motifs is 2. The molecule has 1 atom stereocenters. The standard InChI is InChI=1S/C30H30N3O9PS2/c1-16(2)41-43(38,42-17(3)4)29(32-19-8-10-20(11-9-19)45(39,40)33-30-31-12-13-44-30)18-14-22-26(24(35)15-18)28(37)25-21(27(22)36)6-5-7-23(25)34/h5-17,29,32,34-35H,1-4H3,(H,31,33). The van der Waals surface area contributed by atoms with Gasteiger partial charge in [-0.3, -0.25) is 18.9 Å². The molecular weight excluding hydrogens is 641 g/mol. The van der Waals surface area contributed by atoms with Crippen LogP contribution in [0.3, 0.4) is 0 Å². The number of phenols is 2. The van der Waals surface area contributed by atoms with Crippen molar-refractivity contribution >= 4 is 51.3 Å². The van der Waals surface area contributed by atoms with Gasteiger partial charge in [-0.2, -0.15) is 0 Å². The van der Waals surface area contributed by atoms with Crippen molar-refractivity contribution in [3.05, 3.63) is 94.0 Å². The van der Waals surface area contributed by atoms with E-state index in [9.17, 15) is 32.8 Å². The van der Waals surface area contributed by atoms with E-state index in [-0.39, 0.29) is 37.8 Å². The van der Waals surface area contributed by atoms with Crippen molar-refractivity contribution in [2.75, 3.05) is 10.0 Å². The van der Waals surface area contributed by atoms with Crippen molar-refractivity contribution < 1.29 is 41.8 Å². The van der Waals surface area contributed by atoms with Crippen molar-refractivity contribution in [1.29, 1.82) is 0 Å². The van der Waals surface area contributed by atoms with Crippen molar-refractivity contribution in [3.8, 4) is 11.5 Å². The number of hydrogen-bond acceptors (Lipinski definition) is 12. The Morgan fingerprint density at radius 1 is 0.867 bits per heavy atom. The number of aromatic hydroxyl groups is 2. The molecule has 0 saturated heterocycles. The average Bonchev–Trinajstić information content (AvgIpc) is 3.45. The van der Waals surface area contributed by atoms with Gasteiger partial charge in [0.25, 0.3) is 10.0 Å². The molecule has 15 heteroatoms. The average molecular weight is 672 g/mol. The highest BCUT2D eigenvalue weighted by Gasteiger charge is 2.42. The van der Waals surface area contributed by atoms with Crippen LogP contribution >= 0.6 is 18.9 Å². The smallest absolute Gasteiger partial charge is 0.357 e. The first-order valence-corrected chi connectivity index (χ1v) is 17.7. The minimum absolute atomic E-state index is 0.0447. The van der Waals surface area contributed by atoms with Crippen molar-refractivity contribution in [2.24, 2.45) is 0 Å². The fourth-order valence-electron chi connectivity index (χ4n) is 4.88. The van der Waals surface area contributed by atoms with E-state index in [0.717, 1.165) is 11.3 Å². The van der Waals surface area contributed by atoms with Gasteiger partial charge in [-0.25, -0.2) is 13.4 Å². The molecule has 45 heavy (non-hydrogen) atoms. The molecule has 0 spiro atoms. The number of hydrogen-bond donors (Lipinski definition) is 4. The number of phenolic OH excluding ortho intramolecular Hbond substituents is 2. The number of carbonyl (C=O) groups is 2. The zero-order valence-corrected chi connectivity index (χ0v) is 27.1. The minimum atomic E-state index is -4.17. The predicted molar refractivity (Wildman–Crippen MR) is 169 cm³/mol. The number of benzene rings is 3. The zero-order valence-electron chi connectivity index (χ0n) is 24.5. The van der Waals surface area contributed by atoms with Crippen LogP contribution in [0, 0.1) is 0 Å². The quantitative estimate of drug-likeness (QED) is 0.116. The van der Waals surface area contributed by atoms with E-state index < -0.39 is 58.7 Å². The highest BCUT2D eigenvalue weighted by molar-refractivity contribution is 7.93. The van der Waals surface area contributed by atoms with Gasteiger partial charge in [0.2, 0.25) is 5.78 Å². The zero-order chi connectivity index (χ0) is 32.7. The largest absolute Gasteiger partial charge is 0.507 e. The van der Waals surface area contributed by atoms with Gasteiger partial charge in [0.15, 0.2) is 16.7 Å². The number of thiazole rings is 1. The molecule has 1 unspecified atom stereocenters. The third-order valence-electron chi connectivity index (χ3n) is 6.60. The summed E-state index contributed by atoms with van der Waals surface area (Å²) >= 11 is 1.12. The van der Waals surface area contributed by atoms with Gasteiger partial charge in [0.1, 0.15) is 11.5 Å². The van der Waals surface area contributed by atoms with Crippen LogP contribution in [0.15, 0.2) is 71.1 Å². The van der Waals surface area contributed by atoms with E-state index in [4.69, 9.17) is 9.05 Å². The fourth-order valence-corrected chi connectivity index (χ4v) is 8.96. The molecule has 1 aromatic heterocycles. The first-order chi connectivity index (χ1) is 21.2. The van der Waals surface area contributed by atoms with Gasteiger partial charge in [-0.05, 0) is 75.7 Å². The lowest BCUT2D eigenvalue weighted by Crippen LogP contribution is -2.23. The van der Waals surface area contributed by atoms with Gasteiger partial charge in [-0.1, -0.05) is 12.1 Å². The maximum Gasteiger partial charge on any atom is 0.357 e. The van der Waals surface area contributed by atoms with Crippen LogP contribution in [0.25, 0.3) is 0 Å². The molecule has 4 aromatic rings. The Hall–Kier alpha value is -4.07. The lowest BCUT2D eigenvalue weighted by atomic mass is 9.82. The topological polar surface area (TPSA) is 181 Å². The molecule has 0 amide bonds. The fraction of sp³-hybridized carbons (Fsp3) is 0.233. The number of rotatable bonds is 11. The molecule has 0 fully saturated rings. The van der Waals surface area contributed by atoms with Crippen LogP contribution in [-0.2, 0) is 23.6 Å². The molecule has 4 N–H and O–H groups in total. The SMILES string of the molecule is CC(C)OP(=O)(OC(C)C)C(Nc1ccc(S(=O)(=O)Nc2nccs2)cc1)c1cc(O)c2c(c1)C(=O)c1cccc(O)c1C2=O. The molecule has 5 rings (SSSR count). The molecule has 0 saturated carbocycles. The second kappa shape index (κ2) is 12.4. The molecular formula is C30H30N3O9PS2. The molecule has 0 aliphatic heterocycles. The Bertz CT molecular complexity index is 1910. The highest BCUT2D eigenvalue weighted by atomic mass is 32.2. The van der Waals surface area contributed by atoms with E-state index in [1.165, 1.54) is 60.8 Å². The molecule has 1 heterocycles. The van der Waals surface area contributed by atoms with E-state index >= 15 is 0 Å². The van der Waals surface area contributed by atoms with Crippen LogP contribution in [-0.4, -0.2) is 47.4 Å². The first-order valence-electron chi connectivity index (χ1n) is 13.7. The van der Waals surface area contributed by atoms with E-state index in [0.29, 0.717) is 5.69 Å². The van der Waals surface area contributed by atoms with Gasteiger partial charge in [0, 0.05) is 28.4 Å². The van der Waals surface area contributed by atoms with Crippen LogP contribution in [0.5, 0.6) is 11.5 Å². The summed E-state index contributed by atoms with van der Waals surface area (Å²) in [6, 6.07) is 12.2. The maximum atomic E-state index is 14.5. The van der Waals surface area contributed by atoms with Crippen LogP contribution in [0.2, 0.25) is 0 Å². The number of sulfonamides is 1. The number of nitrogens with one attached hydrogen (secondary N) is 2. The summed E-state index contributed by atoms with van der Waals surface area (Å²) in [6.45, 7) is 6.66. The second-order valence-electron chi connectivity index (χ2n) is 10.7. The van der Waals surface area contributed by atoms with Crippen LogP contribution in [0.4, 0.5) is 10.8 Å². The summed E-state index contributed by atoms with van der Waals surface area (Å²) in [7, 11) is -8.12. The van der Waals surface area contributed by atoms with Gasteiger partial charge in [0.05, 0.1) is 28.2 Å². The monoisotopic (exact) mass is 671 g/mol. The molecule has 1 aliphatic carbocycles. The number of ketones is 2. The van der Waals surface area contributed by atoms with Crippen LogP contribution < -0.4 is 10.0 Å². The third-order valence-corrected chi connectivity index (χ3v) is 11.3. The summed E-state index contributed by atoms with van der Waals surface area (Å²) in [5.74, 6) is -3.67. The van der Waals surface area contributed by atoms with Gasteiger partial charge in [-0.15, -0.1) is 11.3 Å². The maximum absolute atomic E-state index is 14.5. The number of aromatic nitrogens is 1. The normalized spacial score (nSPS) is 13.9. The summed E-state index contributed by atoms with van der Waals surface area (Å²) in [5, 5.41) is 26.3. The lowest BCUT2D eigenvalue weighted by Gasteiger charge is -2.32. The molecule has 3 aromatic carbocycles. The summed E-state index contributed by atoms with van der Waals surface area (Å²) in [4.78, 5) is 30.7. The Labute approximate surface area is 263 Å². The molecule has 0 radical (unpaired) electrons. The molecule has 12 nitrogen and oxygen atoms in total. The van der Waals surface area contributed by atoms with Crippen LogP contribution in [0.1, 0.15) is 70.9 Å². The number of carbonyl (C=O) groups excluding carboxylic acids is 2. The van der Waals surface area contributed by atoms with E-state index in [2.05, 4.69) is 15.0 Å². The Morgan fingerprint density at radius 2 is 1.51 bits per heavy atom. The molecule has 1 aliphatic rings. The number of anilines is 2. The summed E-state index contributed by atoms with van der Waals surface area (Å²) in [6.07, 6.45) is 0.317. The van der Waals surface area contributed by atoms with Crippen molar-refractivity contribution in [1.82, 2.24) is 4.98 Å². The Kier molecular flexibility index (Phi) is 8.89. The molecule has 0 bridgehead atoms. The number of nitrogens with zero attached hydrogens (tertiary/aromatic N) is 1. The molecule has 236 valence electrons. The van der Waals surface area contributed by atoms with E-state index in [1.807, 2.05) is 0 Å². The first kappa shape index (κ1) is 32.3. The van der Waals surface area contributed by atoms with Crippen molar-refractivity contribution in [3.63, 3.8) is 0 Å². The second-order valence-corrected chi connectivity index (χ2v) is 15.3. The van der Waals surface area contributed by atoms with Gasteiger partial charge >= 0.3 is 7.60 Å². The Morgan fingerprint density at radius 3 is 2.11 bits per heavy atom. The minimum Gasteiger partial charge on any atom is -0.507 e. The lowest BCUT2D eigenvalue weighted by molar-refractivity contribution is 0.0974. The third kappa shape index (κ3) is 6.51. The summed E-state index contributed by atoms with van der Waals surface area (Å²) < 4.78 is 54.3. The van der Waals surface area contributed by atoms with Crippen molar-refractivity contribution in [2.45, 2.75) is 50.6 Å². The predicted octanol–water partition coefficient (Wildman–Crippen LogP) is 6.28. The van der Waals surface area contributed by atoms with E-state index in [1.54, 1.807) is 33.1 Å². The van der Waals surface area contributed by atoms with Gasteiger partial charge < -0.3 is 24.6 Å². The highest BCUT2D eigenvalue weighted by Crippen LogP contribution is 2.63.